The van der Waals surface area contributed by atoms with E-state index in [1.54, 1.807) is 17.0 Å². The SMILES string of the molecule is CN(CCN(C)c1ccc(S(N)(=O)=O)cc1)C(=O)C1(C)CCC1. The van der Waals surface area contributed by atoms with E-state index in [9.17, 15) is 13.2 Å². The molecule has 0 atom stereocenters. The average Bonchev–Trinajstić information content (AvgIpc) is 2.48. The number of likely N-dealkylation sites (N-methyl/N-ethyl adjacent to an activating group) is 2. The van der Waals surface area contributed by atoms with Gasteiger partial charge in [0.2, 0.25) is 15.9 Å². The Morgan fingerprint density at radius 3 is 2.17 bits per heavy atom. The van der Waals surface area contributed by atoms with Gasteiger partial charge in [0.05, 0.1) is 4.90 Å². The summed E-state index contributed by atoms with van der Waals surface area (Å²) < 4.78 is 22.5. The number of rotatable bonds is 6. The highest BCUT2D eigenvalue weighted by Crippen LogP contribution is 2.41. The Kier molecular flexibility index (Phi) is 5.01. The van der Waals surface area contributed by atoms with Crippen molar-refractivity contribution < 1.29 is 13.2 Å². The van der Waals surface area contributed by atoms with Crippen LogP contribution in [0.25, 0.3) is 0 Å². The van der Waals surface area contributed by atoms with Gasteiger partial charge in [-0.15, -0.1) is 0 Å². The van der Waals surface area contributed by atoms with Crippen LogP contribution in [0.5, 0.6) is 0 Å². The Morgan fingerprint density at radius 2 is 1.74 bits per heavy atom. The molecule has 128 valence electrons. The van der Waals surface area contributed by atoms with E-state index in [0.717, 1.165) is 24.9 Å². The predicted octanol–water partition coefficient (Wildman–Crippen LogP) is 1.42. The average molecular weight is 339 g/mol. The van der Waals surface area contributed by atoms with E-state index in [-0.39, 0.29) is 16.2 Å². The number of nitrogens with zero attached hydrogens (tertiary/aromatic N) is 2. The molecule has 23 heavy (non-hydrogen) atoms. The molecule has 0 heterocycles. The summed E-state index contributed by atoms with van der Waals surface area (Å²) in [5.74, 6) is 0.210. The number of carbonyl (C=O) groups excluding carboxylic acids is 1. The summed E-state index contributed by atoms with van der Waals surface area (Å²) in [5, 5.41) is 5.09. The fourth-order valence-corrected chi connectivity index (χ4v) is 3.32. The number of hydrogen-bond acceptors (Lipinski definition) is 4. The first kappa shape index (κ1) is 17.7. The molecule has 1 aliphatic carbocycles. The summed E-state index contributed by atoms with van der Waals surface area (Å²) in [6.07, 6.45) is 3.08. The molecule has 0 spiro atoms. The number of anilines is 1. The Hall–Kier alpha value is -1.60. The van der Waals surface area contributed by atoms with Gasteiger partial charge in [-0.3, -0.25) is 4.79 Å². The highest BCUT2D eigenvalue weighted by Gasteiger charge is 2.40. The van der Waals surface area contributed by atoms with E-state index in [4.69, 9.17) is 5.14 Å². The van der Waals surface area contributed by atoms with Gasteiger partial charge in [0.15, 0.2) is 0 Å². The van der Waals surface area contributed by atoms with E-state index >= 15 is 0 Å². The molecule has 0 unspecified atom stereocenters. The van der Waals surface area contributed by atoms with Crippen LogP contribution in [-0.4, -0.2) is 46.4 Å². The van der Waals surface area contributed by atoms with Crippen molar-refractivity contribution in [2.24, 2.45) is 10.6 Å². The lowest BCUT2D eigenvalue weighted by atomic mass is 9.69. The second kappa shape index (κ2) is 6.49. The lowest BCUT2D eigenvalue weighted by Gasteiger charge is -2.40. The second-order valence-corrected chi connectivity index (χ2v) is 8.16. The van der Waals surface area contributed by atoms with Crippen molar-refractivity contribution >= 4 is 21.6 Å². The molecule has 1 aromatic carbocycles. The lowest BCUT2D eigenvalue weighted by Crippen LogP contribution is -2.46. The van der Waals surface area contributed by atoms with E-state index in [1.807, 2.05) is 25.9 Å². The topological polar surface area (TPSA) is 83.7 Å². The Balaban J connectivity index is 1.91. The minimum absolute atomic E-state index is 0.0971. The maximum absolute atomic E-state index is 12.4. The van der Waals surface area contributed by atoms with Crippen LogP contribution in [0.1, 0.15) is 26.2 Å². The van der Waals surface area contributed by atoms with E-state index in [0.29, 0.717) is 13.1 Å². The number of amides is 1. The smallest absolute Gasteiger partial charge is 0.238 e. The minimum atomic E-state index is -3.67. The Labute approximate surface area is 138 Å². The first-order valence-corrected chi connectivity index (χ1v) is 9.28. The number of carbonyl (C=O) groups is 1. The van der Waals surface area contributed by atoms with Gasteiger partial charge >= 0.3 is 0 Å². The van der Waals surface area contributed by atoms with Crippen molar-refractivity contribution in [1.82, 2.24) is 4.90 Å². The van der Waals surface area contributed by atoms with E-state index < -0.39 is 10.0 Å². The summed E-state index contributed by atoms with van der Waals surface area (Å²) in [4.78, 5) is 16.2. The minimum Gasteiger partial charge on any atom is -0.373 e. The molecule has 1 amide bonds. The molecule has 1 fully saturated rings. The Bertz CT molecular complexity index is 666. The number of sulfonamides is 1. The van der Waals surface area contributed by atoms with Crippen molar-refractivity contribution in [3.05, 3.63) is 24.3 Å². The molecule has 7 heteroatoms. The van der Waals surface area contributed by atoms with Crippen LogP contribution in [0.15, 0.2) is 29.2 Å². The number of hydrogen-bond donors (Lipinski definition) is 1. The van der Waals surface area contributed by atoms with Gasteiger partial charge in [-0.2, -0.15) is 0 Å². The molecule has 1 aliphatic rings. The summed E-state index contributed by atoms with van der Waals surface area (Å²) >= 11 is 0. The van der Waals surface area contributed by atoms with Crippen molar-refractivity contribution in [2.45, 2.75) is 31.1 Å². The van der Waals surface area contributed by atoms with Crippen LogP contribution in [0, 0.1) is 5.41 Å². The molecule has 0 aliphatic heterocycles. The molecule has 2 N–H and O–H groups in total. The van der Waals surface area contributed by atoms with E-state index in [1.165, 1.54) is 12.1 Å². The van der Waals surface area contributed by atoms with Crippen LogP contribution in [0.3, 0.4) is 0 Å². The maximum atomic E-state index is 12.4. The lowest BCUT2D eigenvalue weighted by molar-refractivity contribution is -0.144. The third-order valence-corrected chi connectivity index (χ3v) is 5.63. The van der Waals surface area contributed by atoms with Gasteiger partial charge < -0.3 is 9.80 Å². The largest absolute Gasteiger partial charge is 0.373 e. The zero-order chi connectivity index (χ0) is 17.3. The predicted molar refractivity (Wildman–Crippen MR) is 90.7 cm³/mol. The Morgan fingerprint density at radius 1 is 1.17 bits per heavy atom. The molecule has 6 nitrogen and oxygen atoms in total. The van der Waals surface area contributed by atoms with Crippen molar-refractivity contribution in [3.63, 3.8) is 0 Å². The first-order valence-electron chi connectivity index (χ1n) is 7.73. The van der Waals surface area contributed by atoms with Gasteiger partial charge in [-0.1, -0.05) is 13.3 Å². The van der Waals surface area contributed by atoms with Crippen molar-refractivity contribution in [1.29, 1.82) is 0 Å². The van der Waals surface area contributed by atoms with E-state index in [2.05, 4.69) is 0 Å². The number of benzene rings is 1. The zero-order valence-electron chi connectivity index (χ0n) is 13.9. The quantitative estimate of drug-likeness (QED) is 0.849. The molecule has 0 saturated heterocycles. The van der Waals surface area contributed by atoms with Gasteiger partial charge in [0, 0.05) is 38.3 Å². The summed E-state index contributed by atoms with van der Waals surface area (Å²) in [6, 6.07) is 6.42. The zero-order valence-corrected chi connectivity index (χ0v) is 14.8. The first-order chi connectivity index (χ1) is 10.6. The summed E-state index contributed by atoms with van der Waals surface area (Å²) in [6.45, 7) is 3.33. The highest BCUT2D eigenvalue weighted by atomic mass is 32.2. The molecule has 1 aromatic rings. The molecule has 0 bridgehead atoms. The fraction of sp³-hybridized carbons (Fsp3) is 0.562. The second-order valence-electron chi connectivity index (χ2n) is 6.60. The van der Waals surface area contributed by atoms with Crippen molar-refractivity contribution in [3.8, 4) is 0 Å². The van der Waals surface area contributed by atoms with Gasteiger partial charge in [-0.05, 0) is 37.1 Å². The van der Waals surface area contributed by atoms with Crippen LogP contribution in [0.2, 0.25) is 0 Å². The van der Waals surface area contributed by atoms with Gasteiger partial charge in [-0.25, -0.2) is 13.6 Å². The fourth-order valence-electron chi connectivity index (χ4n) is 2.80. The summed E-state index contributed by atoms with van der Waals surface area (Å²) in [7, 11) is 0.0826. The normalized spacial score (nSPS) is 16.5. The van der Waals surface area contributed by atoms with Crippen molar-refractivity contribution in [2.75, 3.05) is 32.1 Å². The van der Waals surface area contributed by atoms with Crippen LogP contribution in [-0.2, 0) is 14.8 Å². The monoisotopic (exact) mass is 339 g/mol. The van der Waals surface area contributed by atoms with Crippen LogP contribution < -0.4 is 10.0 Å². The molecule has 0 aromatic heterocycles. The third kappa shape index (κ3) is 4.03. The molecule has 1 saturated carbocycles. The van der Waals surface area contributed by atoms with Gasteiger partial charge in [0.25, 0.3) is 0 Å². The molecule has 0 radical (unpaired) electrons. The van der Waals surface area contributed by atoms with Crippen LogP contribution >= 0.6 is 0 Å². The van der Waals surface area contributed by atoms with Gasteiger partial charge in [0.1, 0.15) is 0 Å². The number of primary sulfonamides is 1. The standard InChI is InChI=1S/C16H25N3O3S/c1-16(9-4-10-16)15(20)19(3)12-11-18(2)13-5-7-14(8-6-13)23(17,21)22/h5-8H,4,9-12H2,1-3H3,(H2,17,21,22). The summed E-state index contributed by atoms with van der Waals surface area (Å²) in [5.41, 5.74) is 0.706. The highest BCUT2D eigenvalue weighted by molar-refractivity contribution is 7.89. The third-order valence-electron chi connectivity index (χ3n) is 4.70. The molecular weight excluding hydrogens is 314 g/mol. The molecular formula is C16H25N3O3S. The maximum Gasteiger partial charge on any atom is 0.238 e. The number of nitrogens with two attached hydrogens (primary N) is 1. The van der Waals surface area contributed by atoms with Crippen LogP contribution in [0.4, 0.5) is 5.69 Å². The molecule has 2 rings (SSSR count).